The molecule has 1 aromatic rings. The third-order valence-electron chi connectivity index (χ3n) is 2.88. The average molecular weight is 239 g/mol. The molecule has 7 heteroatoms. The van der Waals surface area contributed by atoms with Crippen molar-refractivity contribution < 1.29 is 4.92 Å². The molecular weight excluding hydrogens is 222 g/mol. The summed E-state index contributed by atoms with van der Waals surface area (Å²) in [6.45, 7) is 3.66. The van der Waals surface area contributed by atoms with E-state index < -0.39 is 0 Å². The van der Waals surface area contributed by atoms with Crippen LogP contribution in [-0.2, 0) is 13.5 Å². The van der Waals surface area contributed by atoms with Gasteiger partial charge in [-0.05, 0) is 6.42 Å². The van der Waals surface area contributed by atoms with Crippen molar-refractivity contribution in [3.05, 3.63) is 15.8 Å². The first-order chi connectivity index (χ1) is 8.13. The van der Waals surface area contributed by atoms with Gasteiger partial charge in [-0.15, -0.1) is 0 Å². The molecule has 0 aromatic carbocycles. The summed E-state index contributed by atoms with van der Waals surface area (Å²) in [5.41, 5.74) is 0.691. The molecule has 1 aromatic heterocycles. The summed E-state index contributed by atoms with van der Waals surface area (Å²) < 4.78 is 1.57. The van der Waals surface area contributed by atoms with Crippen LogP contribution in [0.25, 0.3) is 0 Å². The lowest BCUT2D eigenvalue weighted by atomic mass is 10.1. The normalized spacial score (nSPS) is 15.6. The Morgan fingerprint density at radius 1 is 1.65 bits per heavy atom. The van der Waals surface area contributed by atoms with E-state index in [1.807, 2.05) is 6.92 Å². The van der Waals surface area contributed by atoms with Gasteiger partial charge < -0.3 is 10.6 Å². The minimum absolute atomic E-state index is 0.126. The van der Waals surface area contributed by atoms with Gasteiger partial charge in [0.15, 0.2) is 0 Å². The zero-order chi connectivity index (χ0) is 12.4. The van der Waals surface area contributed by atoms with Crippen LogP contribution in [0.3, 0.4) is 0 Å². The quantitative estimate of drug-likeness (QED) is 0.582. The second-order valence-corrected chi connectivity index (χ2v) is 4.27. The third-order valence-corrected chi connectivity index (χ3v) is 2.88. The van der Waals surface area contributed by atoms with Crippen LogP contribution in [0.1, 0.15) is 19.0 Å². The zero-order valence-corrected chi connectivity index (χ0v) is 10.1. The van der Waals surface area contributed by atoms with Crippen LogP contribution in [-0.4, -0.2) is 33.8 Å². The van der Waals surface area contributed by atoms with E-state index in [1.165, 1.54) is 0 Å². The Bertz CT molecular complexity index is 425. The van der Waals surface area contributed by atoms with Gasteiger partial charge in [-0.25, -0.2) is 4.68 Å². The lowest BCUT2D eigenvalue weighted by molar-refractivity contribution is -0.384. The second kappa shape index (κ2) is 4.70. The first kappa shape index (κ1) is 11.8. The maximum atomic E-state index is 11.1. The minimum atomic E-state index is -0.341. The van der Waals surface area contributed by atoms with Gasteiger partial charge in [0.2, 0.25) is 5.82 Å². The van der Waals surface area contributed by atoms with E-state index in [0.29, 0.717) is 17.9 Å². The van der Waals surface area contributed by atoms with Crippen LogP contribution < -0.4 is 10.6 Å². The molecule has 0 aliphatic carbocycles. The van der Waals surface area contributed by atoms with Gasteiger partial charge in [-0.2, -0.15) is 5.10 Å². The van der Waals surface area contributed by atoms with Crippen LogP contribution in [0.15, 0.2) is 0 Å². The molecule has 2 rings (SSSR count). The number of hydrogen-bond acceptors (Lipinski definition) is 5. The number of hydrogen-bond donors (Lipinski definition) is 2. The van der Waals surface area contributed by atoms with Crippen LogP contribution in [0, 0.1) is 10.1 Å². The summed E-state index contributed by atoms with van der Waals surface area (Å²) in [7, 11) is 1.74. The summed E-state index contributed by atoms with van der Waals surface area (Å²) in [6.07, 6.45) is 1.48. The monoisotopic (exact) mass is 239 g/mol. The van der Waals surface area contributed by atoms with Gasteiger partial charge in [-0.3, -0.25) is 10.1 Å². The molecule has 17 heavy (non-hydrogen) atoms. The van der Waals surface area contributed by atoms with Crippen molar-refractivity contribution in [2.24, 2.45) is 7.05 Å². The van der Waals surface area contributed by atoms with Crippen molar-refractivity contribution in [3.8, 4) is 0 Å². The summed E-state index contributed by atoms with van der Waals surface area (Å²) in [6, 6.07) is 0.263. The Labute approximate surface area is 99.3 Å². The van der Waals surface area contributed by atoms with E-state index in [2.05, 4.69) is 15.7 Å². The third kappa shape index (κ3) is 2.23. The maximum absolute atomic E-state index is 11.1. The molecule has 2 heterocycles. The largest absolute Gasteiger partial charge is 0.359 e. The van der Waals surface area contributed by atoms with Crippen molar-refractivity contribution in [3.63, 3.8) is 0 Å². The fourth-order valence-corrected chi connectivity index (χ4v) is 1.91. The smallest absolute Gasteiger partial charge is 0.334 e. The predicted octanol–water partition coefficient (Wildman–Crippen LogP) is 0.665. The van der Waals surface area contributed by atoms with Crippen LogP contribution in [0.4, 0.5) is 11.5 Å². The number of aryl methyl sites for hydroxylation is 2. The number of nitrogens with one attached hydrogen (secondary N) is 2. The molecule has 2 N–H and O–H groups in total. The standard InChI is InChI=1S/C10H17N5O2/c1-3-4-8-9(15(16)17)10(14(2)13-8)12-7-5-11-6-7/h7,11-12H,3-6H2,1-2H3. The van der Waals surface area contributed by atoms with Crippen LogP contribution >= 0.6 is 0 Å². The highest BCUT2D eigenvalue weighted by atomic mass is 16.6. The van der Waals surface area contributed by atoms with Crippen molar-refractivity contribution in [2.45, 2.75) is 25.8 Å². The van der Waals surface area contributed by atoms with Gasteiger partial charge in [0.25, 0.3) is 0 Å². The van der Waals surface area contributed by atoms with E-state index in [9.17, 15) is 10.1 Å². The molecule has 1 aliphatic heterocycles. The molecule has 7 nitrogen and oxygen atoms in total. The Morgan fingerprint density at radius 3 is 2.82 bits per heavy atom. The topological polar surface area (TPSA) is 85.0 Å². The first-order valence-electron chi connectivity index (χ1n) is 5.81. The summed E-state index contributed by atoms with van der Waals surface area (Å²) in [5.74, 6) is 0.518. The lowest BCUT2D eigenvalue weighted by Crippen LogP contribution is -2.51. The van der Waals surface area contributed by atoms with E-state index in [1.54, 1.807) is 11.7 Å². The molecule has 94 valence electrons. The maximum Gasteiger partial charge on any atom is 0.334 e. The molecule has 0 atom stereocenters. The summed E-state index contributed by atoms with van der Waals surface area (Å²) in [5, 5.41) is 21.6. The Morgan fingerprint density at radius 2 is 2.35 bits per heavy atom. The van der Waals surface area contributed by atoms with Crippen molar-refractivity contribution in [1.29, 1.82) is 0 Å². The summed E-state index contributed by atoms with van der Waals surface area (Å²) in [4.78, 5) is 10.8. The molecule has 1 fully saturated rings. The van der Waals surface area contributed by atoms with Gasteiger partial charge in [0.05, 0.1) is 11.0 Å². The summed E-state index contributed by atoms with van der Waals surface area (Å²) >= 11 is 0. The van der Waals surface area contributed by atoms with Crippen LogP contribution in [0.2, 0.25) is 0 Å². The van der Waals surface area contributed by atoms with E-state index in [4.69, 9.17) is 0 Å². The highest BCUT2D eigenvalue weighted by Crippen LogP contribution is 2.29. The van der Waals surface area contributed by atoms with Gasteiger partial charge in [-0.1, -0.05) is 13.3 Å². The first-order valence-corrected chi connectivity index (χ1v) is 5.81. The predicted molar refractivity (Wildman–Crippen MR) is 64.1 cm³/mol. The van der Waals surface area contributed by atoms with Gasteiger partial charge in [0.1, 0.15) is 5.69 Å². The SMILES string of the molecule is CCCc1nn(C)c(NC2CNC2)c1[N+](=O)[O-]. The zero-order valence-electron chi connectivity index (χ0n) is 10.1. The average Bonchev–Trinajstić information content (AvgIpc) is 2.49. The molecule has 0 radical (unpaired) electrons. The Hall–Kier alpha value is -1.63. The van der Waals surface area contributed by atoms with Crippen molar-refractivity contribution in [1.82, 2.24) is 15.1 Å². The van der Waals surface area contributed by atoms with Crippen molar-refractivity contribution in [2.75, 3.05) is 18.4 Å². The van der Waals surface area contributed by atoms with E-state index in [0.717, 1.165) is 19.5 Å². The number of nitro groups is 1. The molecule has 0 saturated carbocycles. The number of nitrogens with zero attached hydrogens (tertiary/aromatic N) is 3. The van der Waals surface area contributed by atoms with Gasteiger partial charge in [0, 0.05) is 20.1 Å². The second-order valence-electron chi connectivity index (χ2n) is 4.27. The lowest BCUT2D eigenvalue weighted by Gasteiger charge is -2.28. The molecular formula is C10H17N5O2. The molecule has 0 bridgehead atoms. The fraction of sp³-hybridized carbons (Fsp3) is 0.700. The van der Waals surface area contributed by atoms with E-state index in [-0.39, 0.29) is 16.7 Å². The molecule has 0 spiro atoms. The highest BCUT2D eigenvalue weighted by molar-refractivity contribution is 5.60. The molecule has 0 unspecified atom stereocenters. The van der Waals surface area contributed by atoms with Crippen molar-refractivity contribution >= 4 is 11.5 Å². The van der Waals surface area contributed by atoms with E-state index >= 15 is 0 Å². The molecule has 1 saturated heterocycles. The Kier molecular flexibility index (Phi) is 3.28. The number of anilines is 1. The number of rotatable bonds is 5. The number of aromatic nitrogens is 2. The molecule has 0 amide bonds. The minimum Gasteiger partial charge on any atom is -0.359 e. The van der Waals surface area contributed by atoms with Gasteiger partial charge >= 0.3 is 5.69 Å². The Balaban J connectivity index is 2.30. The fourth-order valence-electron chi connectivity index (χ4n) is 1.91. The molecule has 1 aliphatic rings. The van der Waals surface area contributed by atoms with Crippen LogP contribution in [0.5, 0.6) is 0 Å². The highest BCUT2D eigenvalue weighted by Gasteiger charge is 2.29.